The maximum atomic E-state index is 9.11. The summed E-state index contributed by atoms with van der Waals surface area (Å²) < 4.78 is 0. The summed E-state index contributed by atoms with van der Waals surface area (Å²) in [5.41, 5.74) is 3.17. The molecule has 0 aliphatic rings. The molecule has 0 bridgehead atoms. The van der Waals surface area contributed by atoms with Crippen molar-refractivity contribution in [1.29, 1.82) is 5.26 Å². The van der Waals surface area contributed by atoms with E-state index in [0.29, 0.717) is 11.0 Å². The van der Waals surface area contributed by atoms with E-state index in [1.807, 2.05) is 36.4 Å². The Morgan fingerprint density at radius 1 is 0.762 bits per heavy atom. The summed E-state index contributed by atoms with van der Waals surface area (Å²) in [7, 11) is -1.44. The molecule has 0 atom stereocenters. The molecule has 0 saturated carbocycles. The van der Waals surface area contributed by atoms with Crippen molar-refractivity contribution < 1.29 is 10.0 Å². The number of hydrogen-bond acceptors (Lipinski definition) is 3. The standard InChI is InChI=1S/C17H12BNO2/c19-11-12-1-2-16-10-15(4-3-14(16)9-12)13-5-7-17(8-6-13)18(20)21/h1-10,20-21H. The van der Waals surface area contributed by atoms with Gasteiger partial charge in [-0.3, -0.25) is 0 Å². The zero-order chi connectivity index (χ0) is 14.8. The first-order valence-electron chi connectivity index (χ1n) is 6.58. The van der Waals surface area contributed by atoms with Gasteiger partial charge in [0.1, 0.15) is 0 Å². The lowest BCUT2D eigenvalue weighted by atomic mass is 9.80. The summed E-state index contributed by atoms with van der Waals surface area (Å²) in [5.74, 6) is 0. The highest BCUT2D eigenvalue weighted by Gasteiger charge is 2.10. The minimum Gasteiger partial charge on any atom is -0.423 e. The molecule has 0 heterocycles. The van der Waals surface area contributed by atoms with Gasteiger partial charge in [-0.1, -0.05) is 42.5 Å². The van der Waals surface area contributed by atoms with E-state index in [-0.39, 0.29) is 0 Å². The average Bonchev–Trinajstić information content (AvgIpc) is 2.54. The molecule has 0 spiro atoms. The van der Waals surface area contributed by atoms with Crippen molar-refractivity contribution in [2.24, 2.45) is 0 Å². The Balaban J connectivity index is 2.03. The van der Waals surface area contributed by atoms with E-state index in [2.05, 4.69) is 12.1 Å². The predicted molar refractivity (Wildman–Crippen MR) is 83.9 cm³/mol. The molecule has 0 aliphatic heterocycles. The van der Waals surface area contributed by atoms with E-state index < -0.39 is 7.12 Å². The van der Waals surface area contributed by atoms with Gasteiger partial charge in [0.05, 0.1) is 11.6 Å². The van der Waals surface area contributed by atoms with E-state index in [0.717, 1.165) is 21.9 Å². The summed E-state index contributed by atoms with van der Waals surface area (Å²) >= 11 is 0. The molecule has 21 heavy (non-hydrogen) atoms. The number of rotatable bonds is 2. The molecule has 0 radical (unpaired) electrons. The second kappa shape index (κ2) is 5.41. The van der Waals surface area contributed by atoms with Gasteiger partial charge in [-0.05, 0) is 45.6 Å². The molecule has 3 rings (SSSR count). The molecule has 0 unspecified atom stereocenters. The molecule has 4 heteroatoms. The Morgan fingerprint density at radius 2 is 1.38 bits per heavy atom. The highest BCUT2D eigenvalue weighted by Crippen LogP contribution is 2.24. The number of benzene rings is 3. The second-order valence-corrected chi connectivity index (χ2v) is 4.88. The molecule has 0 saturated heterocycles. The molecule has 3 aromatic carbocycles. The fraction of sp³-hybridized carbons (Fsp3) is 0. The van der Waals surface area contributed by atoms with Crippen molar-refractivity contribution in [3.05, 3.63) is 66.2 Å². The third-order valence-corrected chi connectivity index (χ3v) is 3.51. The fourth-order valence-electron chi connectivity index (χ4n) is 2.34. The third kappa shape index (κ3) is 2.66. The molecule has 3 nitrogen and oxygen atoms in total. The van der Waals surface area contributed by atoms with Gasteiger partial charge in [0.2, 0.25) is 0 Å². The lowest BCUT2D eigenvalue weighted by molar-refractivity contribution is 0.426. The first kappa shape index (κ1) is 13.4. The number of nitriles is 1. The topological polar surface area (TPSA) is 64.2 Å². The van der Waals surface area contributed by atoms with Crippen LogP contribution in [0.25, 0.3) is 21.9 Å². The minimum absolute atomic E-state index is 0.471. The molecule has 2 N–H and O–H groups in total. The number of nitrogens with zero attached hydrogens (tertiary/aromatic N) is 1. The maximum Gasteiger partial charge on any atom is 0.488 e. The van der Waals surface area contributed by atoms with Crippen molar-refractivity contribution in [1.82, 2.24) is 0 Å². The van der Waals surface area contributed by atoms with Crippen LogP contribution in [0.2, 0.25) is 0 Å². The van der Waals surface area contributed by atoms with Crippen molar-refractivity contribution >= 4 is 23.4 Å². The summed E-state index contributed by atoms with van der Waals surface area (Å²) in [6.07, 6.45) is 0. The Morgan fingerprint density at radius 3 is 2.05 bits per heavy atom. The van der Waals surface area contributed by atoms with E-state index in [1.165, 1.54) is 0 Å². The number of hydrogen-bond donors (Lipinski definition) is 2. The Hall–Kier alpha value is -2.61. The van der Waals surface area contributed by atoms with Gasteiger partial charge < -0.3 is 10.0 Å². The van der Waals surface area contributed by atoms with Crippen LogP contribution in [0, 0.1) is 11.3 Å². The predicted octanol–water partition coefficient (Wildman–Crippen LogP) is 2.06. The lowest BCUT2D eigenvalue weighted by Gasteiger charge is -2.06. The van der Waals surface area contributed by atoms with E-state index >= 15 is 0 Å². The number of fused-ring (bicyclic) bond motifs is 1. The van der Waals surface area contributed by atoms with Crippen molar-refractivity contribution in [2.45, 2.75) is 0 Å². The molecule has 0 amide bonds. The van der Waals surface area contributed by atoms with Gasteiger partial charge in [0, 0.05) is 0 Å². The van der Waals surface area contributed by atoms with Crippen molar-refractivity contribution in [3.63, 3.8) is 0 Å². The van der Waals surface area contributed by atoms with Crippen molar-refractivity contribution in [3.8, 4) is 17.2 Å². The molecule has 0 aliphatic carbocycles. The van der Waals surface area contributed by atoms with E-state index in [4.69, 9.17) is 15.3 Å². The SMILES string of the molecule is N#Cc1ccc2cc(-c3ccc(B(O)O)cc3)ccc2c1. The van der Waals surface area contributed by atoms with Crippen molar-refractivity contribution in [2.75, 3.05) is 0 Å². The van der Waals surface area contributed by atoms with E-state index in [1.54, 1.807) is 18.2 Å². The Kier molecular flexibility index (Phi) is 3.45. The van der Waals surface area contributed by atoms with Crippen LogP contribution in [0.5, 0.6) is 0 Å². The van der Waals surface area contributed by atoms with Gasteiger partial charge in [-0.15, -0.1) is 0 Å². The van der Waals surface area contributed by atoms with Gasteiger partial charge >= 0.3 is 7.12 Å². The first-order chi connectivity index (χ1) is 10.2. The summed E-state index contributed by atoms with van der Waals surface area (Å²) in [5, 5.41) is 29.2. The average molecular weight is 273 g/mol. The van der Waals surface area contributed by atoms with Gasteiger partial charge in [-0.25, -0.2) is 0 Å². The summed E-state index contributed by atoms with van der Waals surface area (Å²) in [6, 6.07) is 20.9. The lowest BCUT2D eigenvalue weighted by Crippen LogP contribution is -2.29. The molecule has 0 aromatic heterocycles. The largest absolute Gasteiger partial charge is 0.488 e. The molecular weight excluding hydrogens is 261 g/mol. The highest BCUT2D eigenvalue weighted by molar-refractivity contribution is 6.58. The van der Waals surface area contributed by atoms with Crippen LogP contribution in [-0.4, -0.2) is 17.2 Å². The monoisotopic (exact) mass is 273 g/mol. The van der Waals surface area contributed by atoms with Crippen LogP contribution < -0.4 is 5.46 Å². The molecule has 100 valence electrons. The van der Waals surface area contributed by atoms with Gasteiger partial charge in [0.15, 0.2) is 0 Å². The van der Waals surface area contributed by atoms with Crippen LogP contribution >= 0.6 is 0 Å². The third-order valence-electron chi connectivity index (χ3n) is 3.51. The smallest absolute Gasteiger partial charge is 0.423 e. The summed E-state index contributed by atoms with van der Waals surface area (Å²) in [4.78, 5) is 0. The maximum absolute atomic E-state index is 9.11. The molecule has 3 aromatic rings. The van der Waals surface area contributed by atoms with Crippen LogP contribution in [0.4, 0.5) is 0 Å². The van der Waals surface area contributed by atoms with Crippen LogP contribution in [0.15, 0.2) is 60.7 Å². The Labute approximate surface area is 122 Å². The van der Waals surface area contributed by atoms with Crippen LogP contribution in [-0.2, 0) is 0 Å². The first-order valence-corrected chi connectivity index (χ1v) is 6.58. The van der Waals surface area contributed by atoms with Crippen LogP contribution in [0.3, 0.4) is 0 Å². The zero-order valence-electron chi connectivity index (χ0n) is 11.2. The fourth-order valence-corrected chi connectivity index (χ4v) is 2.34. The highest BCUT2D eigenvalue weighted by atomic mass is 16.4. The van der Waals surface area contributed by atoms with Gasteiger partial charge in [0.25, 0.3) is 0 Å². The van der Waals surface area contributed by atoms with E-state index in [9.17, 15) is 0 Å². The van der Waals surface area contributed by atoms with Crippen LogP contribution in [0.1, 0.15) is 5.56 Å². The van der Waals surface area contributed by atoms with Gasteiger partial charge in [-0.2, -0.15) is 5.26 Å². The minimum atomic E-state index is -1.44. The zero-order valence-corrected chi connectivity index (χ0v) is 11.2. The summed E-state index contributed by atoms with van der Waals surface area (Å²) in [6.45, 7) is 0. The quantitative estimate of drug-likeness (QED) is 0.702. The Bertz CT molecular complexity index is 836. The molecular formula is C17H12BNO2. The molecule has 0 fully saturated rings. The second-order valence-electron chi connectivity index (χ2n) is 4.88. The normalized spacial score (nSPS) is 10.3.